The maximum atomic E-state index is 11.9. The Morgan fingerprint density at radius 3 is 2.61 bits per heavy atom. The van der Waals surface area contributed by atoms with Crippen LogP contribution >= 0.6 is 31.9 Å². The van der Waals surface area contributed by atoms with Gasteiger partial charge in [0.15, 0.2) is 0 Å². The zero-order chi connectivity index (χ0) is 13.1. The van der Waals surface area contributed by atoms with Crippen LogP contribution in [0, 0.1) is 0 Å². The molecule has 0 aliphatic carbocycles. The quantitative estimate of drug-likeness (QED) is 0.810. The topological polar surface area (TPSA) is 44.7 Å². The molecule has 1 N–H and O–H groups in total. The van der Waals surface area contributed by atoms with E-state index in [-0.39, 0.29) is 6.03 Å². The van der Waals surface area contributed by atoms with Crippen LogP contribution in [0.1, 0.15) is 12.8 Å². The predicted molar refractivity (Wildman–Crippen MR) is 80.2 cm³/mol. The van der Waals surface area contributed by atoms with E-state index in [1.807, 2.05) is 30.1 Å². The van der Waals surface area contributed by atoms with Gasteiger partial charge in [-0.15, -0.1) is 0 Å². The summed E-state index contributed by atoms with van der Waals surface area (Å²) in [5, 5.41) is 2.78. The average molecular weight is 375 g/mol. The highest BCUT2D eigenvalue weighted by Gasteiger charge is 2.16. The van der Waals surface area contributed by atoms with Crippen molar-refractivity contribution in [2.24, 2.45) is 4.99 Å². The van der Waals surface area contributed by atoms with Gasteiger partial charge >= 0.3 is 6.03 Å². The fraction of sp³-hybridized carbons (Fsp3) is 0.333. The summed E-state index contributed by atoms with van der Waals surface area (Å²) in [6.45, 7) is 0.963. The Labute approximate surface area is 123 Å². The van der Waals surface area contributed by atoms with Crippen molar-refractivity contribution in [3.63, 3.8) is 0 Å². The van der Waals surface area contributed by atoms with E-state index >= 15 is 0 Å². The van der Waals surface area contributed by atoms with Gasteiger partial charge in [0.05, 0.1) is 5.69 Å². The first-order valence-corrected chi connectivity index (χ1v) is 7.20. The first kappa shape index (κ1) is 13.5. The molecule has 0 unspecified atom stereocenters. The van der Waals surface area contributed by atoms with Crippen molar-refractivity contribution in [3.8, 4) is 0 Å². The Bertz CT molecular complexity index is 482. The summed E-state index contributed by atoms with van der Waals surface area (Å²) in [7, 11) is 1.95. The molecule has 1 saturated heterocycles. The zero-order valence-corrected chi connectivity index (χ0v) is 13.1. The number of carbonyl (C=O) groups excluding carboxylic acids is 1. The molecule has 18 heavy (non-hydrogen) atoms. The fourth-order valence-electron chi connectivity index (χ4n) is 1.80. The maximum Gasteiger partial charge on any atom is 0.347 e. The highest BCUT2D eigenvalue weighted by atomic mass is 79.9. The first-order chi connectivity index (χ1) is 8.58. The number of rotatable bonds is 1. The second-order valence-corrected chi connectivity index (χ2v) is 5.79. The monoisotopic (exact) mass is 373 g/mol. The van der Waals surface area contributed by atoms with E-state index < -0.39 is 0 Å². The Balaban J connectivity index is 2.12. The first-order valence-electron chi connectivity index (χ1n) is 5.61. The SMILES string of the molecule is CN1CCC/C1=N\C(=O)Nc1c(Br)cccc1Br. The molecule has 96 valence electrons. The number of amides is 2. The number of amidine groups is 1. The van der Waals surface area contributed by atoms with Gasteiger partial charge in [-0.05, 0) is 50.4 Å². The summed E-state index contributed by atoms with van der Waals surface area (Å²) in [5.41, 5.74) is 0.701. The number of hydrogen-bond donors (Lipinski definition) is 1. The number of anilines is 1. The van der Waals surface area contributed by atoms with Crippen LogP contribution in [0.25, 0.3) is 0 Å². The van der Waals surface area contributed by atoms with Gasteiger partial charge in [0.1, 0.15) is 5.84 Å². The van der Waals surface area contributed by atoms with Crippen molar-refractivity contribution in [1.29, 1.82) is 0 Å². The highest BCUT2D eigenvalue weighted by molar-refractivity contribution is 9.11. The summed E-state index contributed by atoms with van der Waals surface area (Å²) in [6, 6.07) is 5.29. The third-order valence-electron chi connectivity index (χ3n) is 2.76. The highest BCUT2D eigenvalue weighted by Crippen LogP contribution is 2.30. The third-order valence-corrected chi connectivity index (χ3v) is 4.08. The number of para-hydroxylation sites is 1. The lowest BCUT2D eigenvalue weighted by molar-refractivity contribution is 0.259. The average Bonchev–Trinajstić information content (AvgIpc) is 2.70. The molecular formula is C12H13Br2N3O. The fourth-order valence-corrected chi connectivity index (χ4v) is 3.00. The Hall–Kier alpha value is -0.880. The van der Waals surface area contributed by atoms with E-state index in [1.54, 1.807) is 0 Å². The molecule has 2 amide bonds. The number of nitrogens with zero attached hydrogens (tertiary/aromatic N) is 2. The van der Waals surface area contributed by atoms with Gasteiger partial charge in [0.2, 0.25) is 0 Å². The number of carbonyl (C=O) groups is 1. The molecule has 0 spiro atoms. The standard InChI is InChI=1S/C12H13Br2N3O/c1-17-7-3-6-10(17)15-12(18)16-11-8(13)4-2-5-9(11)14/h2,4-5H,3,6-7H2,1H3,(H,16,18)/b15-10+. The number of nitrogens with one attached hydrogen (secondary N) is 1. The molecule has 1 aliphatic rings. The van der Waals surface area contributed by atoms with E-state index in [0.717, 1.165) is 34.2 Å². The van der Waals surface area contributed by atoms with E-state index in [2.05, 4.69) is 42.2 Å². The van der Waals surface area contributed by atoms with E-state index in [0.29, 0.717) is 5.69 Å². The van der Waals surface area contributed by atoms with E-state index in [1.165, 1.54) is 0 Å². The number of halogens is 2. The second-order valence-electron chi connectivity index (χ2n) is 4.08. The summed E-state index contributed by atoms with van der Waals surface area (Å²) in [5.74, 6) is 0.843. The molecule has 1 aromatic rings. The van der Waals surface area contributed by atoms with Crippen LogP contribution in [0.2, 0.25) is 0 Å². The molecule has 4 nitrogen and oxygen atoms in total. The van der Waals surface area contributed by atoms with Crippen LogP contribution < -0.4 is 5.32 Å². The van der Waals surface area contributed by atoms with Crippen molar-refractivity contribution >= 4 is 49.4 Å². The lowest BCUT2D eigenvalue weighted by atomic mass is 10.3. The van der Waals surface area contributed by atoms with Gasteiger partial charge in [-0.2, -0.15) is 4.99 Å². The predicted octanol–water partition coefficient (Wildman–Crippen LogP) is 3.87. The number of likely N-dealkylation sites (tertiary alicyclic amines) is 1. The molecule has 1 heterocycles. The lowest BCUT2D eigenvalue weighted by Crippen LogP contribution is -2.21. The summed E-state index contributed by atoms with van der Waals surface area (Å²) >= 11 is 6.79. The molecule has 6 heteroatoms. The Morgan fingerprint density at radius 2 is 2.06 bits per heavy atom. The molecular weight excluding hydrogens is 362 g/mol. The summed E-state index contributed by atoms with van der Waals surface area (Å²) in [4.78, 5) is 17.9. The van der Waals surface area contributed by atoms with Crippen molar-refractivity contribution in [3.05, 3.63) is 27.1 Å². The van der Waals surface area contributed by atoms with Gasteiger partial charge in [-0.25, -0.2) is 4.79 Å². The molecule has 0 atom stereocenters. The Kier molecular flexibility index (Phi) is 4.40. The lowest BCUT2D eigenvalue weighted by Gasteiger charge is -2.11. The van der Waals surface area contributed by atoms with Gasteiger partial charge in [-0.1, -0.05) is 6.07 Å². The zero-order valence-electron chi connectivity index (χ0n) is 9.91. The molecule has 0 bridgehead atoms. The number of urea groups is 1. The van der Waals surface area contributed by atoms with Crippen molar-refractivity contribution in [2.75, 3.05) is 18.9 Å². The molecule has 1 fully saturated rings. The van der Waals surface area contributed by atoms with Gasteiger partial charge in [-0.3, -0.25) is 0 Å². The molecule has 0 aromatic heterocycles. The summed E-state index contributed by atoms with van der Waals surface area (Å²) in [6.07, 6.45) is 1.92. The van der Waals surface area contributed by atoms with Crippen molar-refractivity contribution in [1.82, 2.24) is 4.90 Å². The van der Waals surface area contributed by atoms with Crippen LogP contribution in [0.5, 0.6) is 0 Å². The van der Waals surface area contributed by atoms with Crippen LogP contribution in [0.4, 0.5) is 10.5 Å². The third kappa shape index (κ3) is 3.11. The molecule has 1 aliphatic heterocycles. The smallest absolute Gasteiger partial charge is 0.347 e. The molecule has 2 rings (SSSR count). The minimum absolute atomic E-state index is 0.341. The Morgan fingerprint density at radius 1 is 1.39 bits per heavy atom. The number of benzene rings is 1. The number of aliphatic imine (C=N–C) groups is 1. The second kappa shape index (κ2) is 5.84. The van der Waals surface area contributed by atoms with Gasteiger partial charge in [0, 0.05) is 29.0 Å². The van der Waals surface area contributed by atoms with E-state index in [4.69, 9.17) is 0 Å². The molecule has 0 saturated carbocycles. The van der Waals surface area contributed by atoms with E-state index in [9.17, 15) is 4.79 Å². The largest absolute Gasteiger partial charge is 0.363 e. The van der Waals surface area contributed by atoms with Crippen LogP contribution in [0.15, 0.2) is 32.1 Å². The maximum absolute atomic E-state index is 11.9. The van der Waals surface area contributed by atoms with Gasteiger partial charge < -0.3 is 10.2 Å². The minimum atomic E-state index is -0.341. The minimum Gasteiger partial charge on any atom is -0.363 e. The van der Waals surface area contributed by atoms with Crippen LogP contribution in [0.3, 0.4) is 0 Å². The molecule has 1 aromatic carbocycles. The van der Waals surface area contributed by atoms with Crippen LogP contribution in [-0.4, -0.2) is 30.4 Å². The normalized spacial score (nSPS) is 17.3. The van der Waals surface area contributed by atoms with Crippen molar-refractivity contribution in [2.45, 2.75) is 12.8 Å². The number of hydrogen-bond acceptors (Lipinski definition) is 1. The van der Waals surface area contributed by atoms with Gasteiger partial charge in [0.25, 0.3) is 0 Å². The van der Waals surface area contributed by atoms with Crippen molar-refractivity contribution < 1.29 is 4.79 Å². The summed E-state index contributed by atoms with van der Waals surface area (Å²) < 4.78 is 1.65. The molecule has 0 radical (unpaired) electrons. The van der Waals surface area contributed by atoms with Crippen LogP contribution in [-0.2, 0) is 0 Å².